The van der Waals surface area contributed by atoms with Crippen molar-refractivity contribution in [2.45, 2.75) is 6.61 Å². The lowest BCUT2D eigenvalue weighted by atomic mass is 10.2. The molecule has 0 aliphatic rings. The quantitative estimate of drug-likeness (QED) is 0.757. The Kier molecular flexibility index (Phi) is 4.58. The molecule has 3 aromatic rings. The van der Waals surface area contributed by atoms with Crippen molar-refractivity contribution in [2.24, 2.45) is 0 Å². The minimum Gasteiger partial charge on any atom is -0.496 e. The van der Waals surface area contributed by atoms with E-state index in [-0.39, 0.29) is 12.5 Å². The molecule has 122 valence electrons. The average Bonchev–Trinajstić information content (AvgIpc) is 3.12. The molecule has 0 atom stereocenters. The van der Waals surface area contributed by atoms with Crippen LogP contribution < -0.4 is 10.1 Å². The number of carbonyl (C=O) groups excluding carboxylic acids is 1. The van der Waals surface area contributed by atoms with E-state index in [1.54, 1.807) is 35.1 Å². The standard InChI is InChI=1S/C18H17N3O3/c1-24-17-8-7-14(11-13(17)12-22)19-18(23)16-9-10-21(20-16)15-5-3-2-4-6-15/h2-11,22H,12H2,1H3,(H,19,23). The molecule has 0 radical (unpaired) electrons. The Morgan fingerprint density at radius 3 is 2.71 bits per heavy atom. The fraction of sp³-hybridized carbons (Fsp3) is 0.111. The third-order valence-corrected chi connectivity index (χ3v) is 3.55. The van der Waals surface area contributed by atoms with Crippen LogP contribution in [0.15, 0.2) is 60.8 Å². The van der Waals surface area contributed by atoms with E-state index in [0.29, 0.717) is 22.7 Å². The highest BCUT2D eigenvalue weighted by molar-refractivity contribution is 6.02. The molecular formula is C18H17N3O3. The number of aliphatic hydroxyl groups excluding tert-OH is 1. The van der Waals surface area contributed by atoms with Crippen molar-refractivity contribution in [1.29, 1.82) is 0 Å². The van der Waals surface area contributed by atoms with E-state index in [2.05, 4.69) is 10.4 Å². The van der Waals surface area contributed by atoms with Gasteiger partial charge in [-0.3, -0.25) is 4.79 Å². The summed E-state index contributed by atoms with van der Waals surface area (Å²) in [6.45, 7) is -0.171. The molecule has 0 spiro atoms. The monoisotopic (exact) mass is 323 g/mol. The van der Waals surface area contributed by atoms with Gasteiger partial charge in [-0.1, -0.05) is 18.2 Å². The van der Waals surface area contributed by atoms with Crippen LogP contribution in [0.3, 0.4) is 0 Å². The lowest BCUT2D eigenvalue weighted by molar-refractivity contribution is 0.102. The summed E-state index contributed by atoms with van der Waals surface area (Å²) in [5.41, 5.74) is 2.35. The number of ether oxygens (including phenoxy) is 1. The first-order valence-corrected chi connectivity index (χ1v) is 7.41. The Balaban J connectivity index is 1.77. The molecule has 0 bridgehead atoms. The van der Waals surface area contributed by atoms with E-state index in [1.807, 2.05) is 30.3 Å². The van der Waals surface area contributed by atoms with Gasteiger partial charge in [-0.05, 0) is 36.4 Å². The van der Waals surface area contributed by atoms with Crippen LogP contribution in [0.2, 0.25) is 0 Å². The number of para-hydroxylation sites is 1. The number of hydrogen-bond donors (Lipinski definition) is 2. The number of anilines is 1. The van der Waals surface area contributed by atoms with Crippen LogP contribution in [-0.2, 0) is 6.61 Å². The van der Waals surface area contributed by atoms with Gasteiger partial charge in [0.25, 0.3) is 5.91 Å². The summed E-state index contributed by atoms with van der Waals surface area (Å²) in [5, 5.41) is 16.4. The number of rotatable bonds is 5. The summed E-state index contributed by atoms with van der Waals surface area (Å²) in [6, 6.07) is 16.3. The van der Waals surface area contributed by atoms with Gasteiger partial charge in [0.05, 0.1) is 19.4 Å². The molecular weight excluding hydrogens is 306 g/mol. The van der Waals surface area contributed by atoms with E-state index >= 15 is 0 Å². The van der Waals surface area contributed by atoms with Crippen LogP contribution in [0.1, 0.15) is 16.1 Å². The van der Waals surface area contributed by atoms with Gasteiger partial charge >= 0.3 is 0 Å². The lowest BCUT2D eigenvalue weighted by Gasteiger charge is -2.09. The minimum absolute atomic E-state index is 0.171. The Hall–Kier alpha value is -3.12. The van der Waals surface area contributed by atoms with Crippen LogP contribution in [-0.4, -0.2) is 27.9 Å². The maximum Gasteiger partial charge on any atom is 0.276 e. The summed E-state index contributed by atoms with van der Waals surface area (Å²) >= 11 is 0. The highest BCUT2D eigenvalue weighted by Crippen LogP contribution is 2.23. The molecule has 2 aromatic carbocycles. The number of methoxy groups -OCH3 is 1. The molecule has 0 saturated carbocycles. The van der Waals surface area contributed by atoms with E-state index in [9.17, 15) is 9.90 Å². The Morgan fingerprint density at radius 2 is 2.00 bits per heavy atom. The number of nitrogens with zero attached hydrogens (tertiary/aromatic N) is 2. The van der Waals surface area contributed by atoms with Gasteiger partial charge in [0.2, 0.25) is 0 Å². The second kappa shape index (κ2) is 6.97. The molecule has 3 rings (SSSR count). The fourth-order valence-corrected chi connectivity index (χ4v) is 2.34. The molecule has 1 aromatic heterocycles. The van der Waals surface area contributed by atoms with E-state index < -0.39 is 0 Å². The summed E-state index contributed by atoms with van der Waals surface area (Å²) in [4.78, 5) is 12.3. The highest BCUT2D eigenvalue weighted by atomic mass is 16.5. The van der Waals surface area contributed by atoms with Crippen molar-refractivity contribution in [3.8, 4) is 11.4 Å². The minimum atomic E-state index is -0.321. The van der Waals surface area contributed by atoms with Crippen LogP contribution in [0.5, 0.6) is 5.75 Å². The van der Waals surface area contributed by atoms with Gasteiger partial charge in [0.1, 0.15) is 5.75 Å². The molecule has 0 unspecified atom stereocenters. The van der Waals surface area contributed by atoms with Crippen molar-refractivity contribution >= 4 is 11.6 Å². The Morgan fingerprint density at radius 1 is 1.21 bits per heavy atom. The Labute approximate surface area is 139 Å². The zero-order chi connectivity index (χ0) is 16.9. The van der Waals surface area contributed by atoms with Gasteiger partial charge in [-0.15, -0.1) is 0 Å². The number of carbonyl (C=O) groups is 1. The Bertz CT molecular complexity index is 844. The molecule has 0 saturated heterocycles. The predicted octanol–water partition coefficient (Wildman–Crippen LogP) is 2.63. The van der Waals surface area contributed by atoms with Gasteiger partial charge < -0.3 is 15.2 Å². The third-order valence-electron chi connectivity index (χ3n) is 3.55. The van der Waals surface area contributed by atoms with Crippen LogP contribution in [0.25, 0.3) is 5.69 Å². The van der Waals surface area contributed by atoms with Crippen LogP contribution in [0, 0.1) is 0 Å². The van der Waals surface area contributed by atoms with Gasteiger partial charge in [-0.2, -0.15) is 5.10 Å². The van der Waals surface area contributed by atoms with Gasteiger partial charge in [-0.25, -0.2) is 4.68 Å². The van der Waals surface area contributed by atoms with E-state index in [4.69, 9.17) is 4.74 Å². The molecule has 6 heteroatoms. The molecule has 2 N–H and O–H groups in total. The molecule has 1 heterocycles. The topological polar surface area (TPSA) is 76.4 Å². The number of hydrogen-bond acceptors (Lipinski definition) is 4. The number of aromatic nitrogens is 2. The first kappa shape index (κ1) is 15.8. The molecule has 24 heavy (non-hydrogen) atoms. The van der Waals surface area contributed by atoms with Gasteiger partial charge in [0, 0.05) is 17.4 Å². The number of aliphatic hydroxyl groups is 1. The van der Waals surface area contributed by atoms with Crippen molar-refractivity contribution in [2.75, 3.05) is 12.4 Å². The van der Waals surface area contributed by atoms with Crippen LogP contribution in [0.4, 0.5) is 5.69 Å². The number of benzene rings is 2. The van der Waals surface area contributed by atoms with Crippen molar-refractivity contribution in [3.63, 3.8) is 0 Å². The number of nitrogens with one attached hydrogen (secondary N) is 1. The largest absolute Gasteiger partial charge is 0.496 e. The second-order valence-electron chi connectivity index (χ2n) is 5.12. The average molecular weight is 323 g/mol. The normalized spacial score (nSPS) is 10.4. The first-order chi connectivity index (χ1) is 11.7. The van der Waals surface area contributed by atoms with Crippen molar-refractivity contribution in [1.82, 2.24) is 9.78 Å². The van der Waals surface area contributed by atoms with Gasteiger partial charge in [0.15, 0.2) is 5.69 Å². The van der Waals surface area contributed by atoms with Crippen molar-refractivity contribution in [3.05, 3.63) is 72.1 Å². The second-order valence-corrected chi connectivity index (χ2v) is 5.12. The summed E-state index contributed by atoms with van der Waals surface area (Å²) in [5.74, 6) is 0.252. The first-order valence-electron chi connectivity index (χ1n) is 7.41. The summed E-state index contributed by atoms with van der Waals surface area (Å²) < 4.78 is 6.79. The predicted molar refractivity (Wildman–Crippen MR) is 90.4 cm³/mol. The molecule has 0 aliphatic carbocycles. The SMILES string of the molecule is COc1ccc(NC(=O)c2ccn(-c3ccccc3)n2)cc1CO. The molecule has 0 fully saturated rings. The molecule has 6 nitrogen and oxygen atoms in total. The third kappa shape index (κ3) is 3.28. The molecule has 1 amide bonds. The summed E-state index contributed by atoms with van der Waals surface area (Å²) in [6.07, 6.45) is 1.73. The number of amides is 1. The smallest absolute Gasteiger partial charge is 0.276 e. The fourth-order valence-electron chi connectivity index (χ4n) is 2.34. The maximum atomic E-state index is 12.3. The summed E-state index contributed by atoms with van der Waals surface area (Å²) in [7, 11) is 1.53. The highest BCUT2D eigenvalue weighted by Gasteiger charge is 2.12. The van der Waals surface area contributed by atoms with Crippen molar-refractivity contribution < 1.29 is 14.6 Å². The van der Waals surface area contributed by atoms with Crippen LogP contribution >= 0.6 is 0 Å². The van der Waals surface area contributed by atoms with E-state index in [0.717, 1.165) is 5.69 Å². The lowest BCUT2D eigenvalue weighted by Crippen LogP contribution is -2.13. The molecule has 0 aliphatic heterocycles. The maximum absolute atomic E-state index is 12.3. The zero-order valence-electron chi connectivity index (χ0n) is 13.1. The van der Waals surface area contributed by atoms with E-state index in [1.165, 1.54) is 7.11 Å². The zero-order valence-corrected chi connectivity index (χ0v) is 13.1.